The van der Waals surface area contributed by atoms with Gasteiger partial charge in [-0.3, -0.25) is 4.79 Å². The molecule has 6 heteroatoms. The molecule has 1 aromatic rings. The van der Waals surface area contributed by atoms with Gasteiger partial charge in [-0.15, -0.1) is 0 Å². The lowest BCUT2D eigenvalue weighted by atomic mass is 9.86. The molecule has 104 valence electrons. The number of nitrogens with one attached hydrogen (secondary N) is 1. The van der Waals surface area contributed by atoms with Crippen molar-refractivity contribution in [1.82, 2.24) is 5.32 Å². The van der Waals surface area contributed by atoms with Crippen LogP contribution in [0.1, 0.15) is 31.1 Å². The fourth-order valence-corrected chi connectivity index (χ4v) is 2.00. The monoisotopic (exact) mass is 328 g/mol. The predicted molar refractivity (Wildman–Crippen MR) is 76.9 cm³/mol. The standard InChI is InChI=1S/C13H17BrN2O3/c1-13(2,3)10(12(18)19)16-11(17)8-6-7(15)4-5-9(8)14/h4-6,10H,15H2,1-3H3,(H,16,17)(H,18,19). The second-order valence-corrected chi connectivity index (χ2v) is 6.20. The van der Waals surface area contributed by atoms with Crippen LogP contribution in [0, 0.1) is 5.41 Å². The van der Waals surface area contributed by atoms with Gasteiger partial charge in [-0.25, -0.2) is 4.79 Å². The number of hydrogen-bond acceptors (Lipinski definition) is 3. The maximum atomic E-state index is 12.1. The zero-order chi connectivity index (χ0) is 14.8. The van der Waals surface area contributed by atoms with Crippen LogP contribution in [0.4, 0.5) is 5.69 Å². The summed E-state index contributed by atoms with van der Waals surface area (Å²) >= 11 is 3.24. The van der Waals surface area contributed by atoms with E-state index in [2.05, 4.69) is 21.2 Å². The highest BCUT2D eigenvalue weighted by Gasteiger charge is 2.33. The number of halogens is 1. The number of anilines is 1. The van der Waals surface area contributed by atoms with E-state index in [9.17, 15) is 14.7 Å². The van der Waals surface area contributed by atoms with Crippen molar-refractivity contribution < 1.29 is 14.7 Å². The van der Waals surface area contributed by atoms with Crippen molar-refractivity contribution in [2.45, 2.75) is 26.8 Å². The molecule has 0 spiro atoms. The number of carboxylic acid groups (broad SMARTS) is 1. The van der Waals surface area contributed by atoms with E-state index in [4.69, 9.17) is 5.73 Å². The summed E-state index contributed by atoms with van der Waals surface area (Å²) in [7, 11) is 0. The van der Waals surface area contributed by atoms with Gasteiger partial charge in [0.1, 0.15) is 6.04 Å². The number of benzene rings is 1. The first-order valence-corrected chi connectivity index (χ1v) is 6.51. The molecule has 1 atom stereocenters. The topological polar surface area (TPSA) is 92.4 Å². The highest BCUT2D eigenvalue weighted by molar-refractivity contribution is 9.10. The maximum Gasteiger partial charge on any atom is 0.326 e. The molecular weight excluding hydrogens is 312 g/mol. The number of carbonyl (C=O) groups excluding carboxylic acids is 1. The number of hydrogen-bond donors (Lipinski definition) is 3. The molecule has 19 heavy (non-hydrogen) atoms. The largest absolute Gasteiger partial charge is 0.480 e. The molecule has 1 amide bonds. The average molecular weight is 329 g/mol. The van der Waals surface area contributed by atoms with Gasteiger partial charge in [-0.1, -0.05) is 20.8 Å². The van der Waals surface area contributed by atoms with E-state index in [1.165, 1.54) is 6.07 Å². The van der Waals surface area contributed by atoms with Gasteiger partial charge in [0.15, 0.2) is 0 Å². The third kappa shape index (κ3) is 3.96. The second kappa shape index (κ2) is 5.61. The van der Waals surface area contributed by atoms with Gasteiger partial charge in [0.2, 0.25) is 0 Å². The van der Waals surface area contributed by atoms with Gasteiger partial charge < -0.3 is 16.2 Å². The highest BCUT2D eigenvalue weighted by Crippen LogP contribution is 2.23. The predicted octanol–water partition coefficient (Wildman–Crippen LogP) is 2.26. The van der Waals surface area contributed by atoms with Crippen molar-refractivity contribution in [1.29, 1.82) is 0 Å². The van der Waals surface area contributed by atoms with Crippen LogP contribution in [-0.4, -0.2) is 23.0 Å². The molecule has 5 nitrogen and oxygen atoms in total. The molecular formula is C13H17BrN2O3. The first-order chi connectivity index (χ1) is 8.62. The smallest absolute Gasteiger partial charge is 0.326 e. The first-order valence-electron chi connectivity index (χ1n) is 5.71. The number of rotatable bonds is 3. The minimum atomic E-state index is -1.07. The van der Waals surface area contributed by atoms with Crippen molar-refractivity contribution in [2.75, 3.05) is 5.73 Å². The lowest BCUT2D eigenvalue weighted by Gasteiger charge is -2.27. The van der Waals surface area contributed by atoms with Crippen LogP contribution in [0.3, 0.4) is 0 Å². The van der Waals surface area contributed by atoms with Crippen LogP contribution in [0.5, 0.6) is 0 Å². The summed E-state index contributed by atoms with van der Waals surface area (Å²) in [6.07, 6.45) is 0. The zero-order valence-corrected chi connectivity index (χ0v) is 12.6. The summed E-state index contributed by atoms with van der Waals surface area (Å²) in [6, 6.07) is 3.82. The van der Waals surface area contributed by atoms with Gasteiger partial charge in [0, 0.05) is 10.2 Å². The van der Waals surface area contributed by atoms with Crippen LogP contribution < -0.4 is 11.1 Å². The molecule has 0 aliphatic heterocycles. The Morgan fingerprint density at radius 1 is 1.37 bits per heavy atom. The molecule has 1 aromatic carbocycles. The quantitative estimate of drug-likeness (QED) is 0.742. The number of nitrogens with two attached hydrogens (primary N) is 1. The van der Waals surface area contributed by atoms with E-state index < -0.39 is 23.3 Å². The van der Waals surface area contributed by atoms with Gasteiger partial charge >= 0.3 is 5.97 Å². The Kier molecular flexibility index (Phi) is 4.57. The normalized spacial score (nSPS) is 12.8. The summed E-state index contributed by atoms with van der Waals surface area (Å²) in [5.74, 6) is -1.54. The van der Waals surface area contributed by atoms with Crippen molar-refractivity contribution in [3.63, 3.8) is 0 Å². The number of carboxylic acids is 1. The number of aliphatic carboxylic acids is 1. The molecule has 0 bridgehead atoms. The summed E-state index contributed by atoms with van der Waals surface area (Å²) in [4.78, 5) is 23.3. The fraction of sp³-hybridized carbons (Fsp3) is 0.385. The molecule has 0 saturated carbocycles. The van der Waals surface area contributed by atoms with Crippen molar-refractivity contribution >= 4 is 33.5 Å². The lowest BCUT2D eigenvalue weighted by Crippen LogP contribution is -2.49. The zero-order valence-electron chi connectivity index (χ0n) is 11.0. The van der Waals surface area contributed by atoms with Crippen LogP contribution in [0.15, 0.2) is 22.7 Å². The van der Waals surface area contributed by atoms with Crippen molar-refractivity contribution in [3.05, 3.63) is 28.2 Å². The van der Waals surface area contributed by atoms with E-state index in [1.807, 2.05) is 0 Å². The maximum absolute atomic E-state index is 12.1. The summed E-state index contributed by atoms with van der Waals surface area (Å²) < 4.78 is 0.567. The Balaban J connectivity index is 3.01. The van der Waals surface area contributed by atoms with Gasteiger partial charge in [0.05, 0.1) is 5.56 Å². The Morgan fingerprint density at radius 2 is 1.95 bits per heavy atom. The Hall–Kier alpha value is -1.56. The number of amides is 1. The van der Waals surface area contributed by atoms with Gasteiger partial charge in [-0.05, 0) is 39.5 Å². The van der Waals surface area contributed by atoms with Crippen LogP contribution in [-0.2, 0) is 4.79 Å². The Labute approximate surface area is 120 Å². The minimum Gasteiger partial charge on any atom is -0.480 e. The summed E-state index contributed by atoms with van der Waals surface area (Å²) in [5.41, 5.74) is 5.79. The molecule has 1 unspecified atom stereocenters. The highest BCUT2D eigenvalue weighted by atomic mass is 79.9. The van der Waals surface area contributed by atoms with Crippen LogP contribution in [0.2, 0.25) is 0 Å². The molecule has 0 saturated heterocycles. The van der Waals surface area contributed by atoms with Crippen LogP contribution >= 0.6 is 15.9 Å². The minimum absolute atomic E-state index is 0.315. The molecule has 0 aromatic heterocycles. The van der Waals surface area contributed by atoms with Crippen molar-refractivity contribution in [3.8, 4) is 0 Å². The molecule has 4 N–H and O–H groups in total. The molecule has 0 aliphatic rings. The Morgan fingerprint density at radius 3 is 2.42 bits per heavy atom. The SMILES string of the molecule is CC(C)(C)C(NC(=O)c1cc(N)ccc1Br)C(=O)O. The van der Waals surface area contributed by atoms with Crippen LogP contribution in [0.25, 0.3) is 0 Å². The summed E-state index contributed by atoms with van der Waals surface area (Å²) in [6.45, 7) is 5.25. The second-order valence-electron chi connectivity index (χ2n) is 5.35. The summed E-state index contributed by atoms with van der Waals surface area (Å²) in [5, 5.41) is 11.7. The lowest BCUT2D eigenvalue weighted by molar-refractivity contribution is -0.142. The fourth-order valence-electron chi connectivity index (χ4n) is 1.57. The molecule has 1 rings (SSSR count). The van der Waals surface area contributed by atoms with E-state index in [-0.39, 0.29) is 0 Å². The van der Waals surface area contributed by atoms with E-state index in [0.717, 1.165) is 0 Å². The Bertz CT molecular complexity index is 509. The average Bonchev–Trinajstić information content (AvgIpc) is 2.26. The molecule has 0 radical (unpaired) electrons. The third-order valence-electron chi connectivity index (χ3n) is 2.62. The van der Waals surface area contributed by atoms with E-state index in [1.54, 1.807) is 32.9 Å². The first kappa shape index (κ1) is 15.5. The number of carbonyl (C=O) groups is 2. The molecule has 0 heterocycles. The van der Waals surface area contributed by atoms with E-state index in [0.29, 0.717) is 15.7 Å². The van der Waals surface area contributed by atoms with Crippen molar-refractivity contribution in [2.24, 2.45) is 5.41 Å². The van der Waals surface area contributed by atoms with E-state index >= 15 is 0 Å². The molecule has 0 fully saturated rings. The third-order valence-corrected chi connectivity index (χ3v) is 3.31. The van der Waals surface area contributed by atoms with Gasteiger partial charge in [-0.2, -0.15) is 0 Å². The number of nitrogen functional groups attached to an aromatic ring is 1. The van der Waals surface area contributed by atoms with Gasteiger partial charge in [0.25, 0.3) is 5.91 Å². The molecule has 0 aliphatic carbocycles.